The van der Waals surface area contributed by atoms with Crippen molar-refractivity contribution < 1.29 is 14.3 Å². The minimum atomic E-state index is 0.00578. The first kappa shape index (κ1) is 21.5. The molecular weight excluding hydrogens is 398 g/mol. The van der Waals surface area contributed by atoms with E-state index in [1.54, 1.807) is 6.21 Å². The van der Waals surface area contributed by atoms with Gasteiger partial charge in [-0.2, -0.15) is 5.10 Å². The molecule has 0 spiro atoms. The number of Topliss-reactive ketones (excluding diaryl/α,β-unsaturated/α-hetero) is 1. The molecule has 1 aromatic heterocycles. The van der Waals surface area contributed by atoms with Gasteiger partial charge in [0.1, 0.15) is 0 Å². The second-order valence-electron chi connectivity index (χ2n) is 6.58. The minimum absolute atomic E-state index is 0.00578. The number of carbonyl (C=O) groups is 1. The summed E-state index contributed by atoms with van der Waals surface area (Å²) in [5.74, 6) is 1.39. The summed E-state index contributed by atoms with van der Waals surface area (Å²) in [4.78, 5) is 16.5. The van der Waals surface area contributed by atoms with Crippen LogP contribution in [0.5, 0.6) is 11.5 Å². The predicted octanol–water partition coefficient (Wildman–Crippen LogP) is 5.12. The van der Waals surface area contributed by atoms with Crippen molar-refractivity contribution >= 4 is 28.5 Å². The fraction of sp³-hybridized carbons (Fsp3) is 0.261. The number of rotatable bonds is 10. The van der Waals surface area contributed by atoms with Gasteiger partial charge in [0.25, 0.3) is 0 Å². The third kappa shape index (κ3) is 5.90. The molecule has 0 fully saturated rings. The van der Waals surface area contributed by atoms with Crippen molar-refractivity contribution in [2.75, 3.05) is 18.6 Å². The van der Waals surface area contributed by atoms with E-state index in [4.69, 9.17) is 9.47 Å². The summed E-state index contributed by atoms with van der Waals surface area (Å²) in [6.07, 6.45) is 2.51. The van der Waals surface area contributed by atoms with Crippen LogP contribution in [0.1, 0.15) is 40.3 Å². The van der Waals surface area contributed by atoms with Crippen LogP contribution >= 0.6 is 11.3 Å². The second kappa shape index (κ2) is 10.5. The van der Waals surface area contributed by atoms with E-state index in [0.717, 1.165) is 12.0 Å². The summed E-state index contributed by atoms with van der Waals surface area (Å²) in [7, 11) is 0. The smallest absolute Gasteiger partial charge is 0.204 e. The number of nitrogens with zero attached hydrogens (tertiary/aromatic N) is 2. The molecule has 0 aliphatic carbocycles. The lowest BCUT2D eigenvalue weighted by atomic mass is 10.2. The van der Waals surface area contributed by atoms with Gasteiger partial charge >= 0.3 is 0 Å². The Morgan fingerprint density at radius 1 is 1.17 bits per heavy atom. The predicted molar refractivity (Wildman–Crippen MR) is 121 cm³/mol. The zero-order valence-electron chi connectivity index (χ0n) is 17.3. The summed E-state index contributed by atoms with van der Waals surface area (Å²) in [6.45, 7) is 6.40. The summed E-state index contributed by atoms with van der Waals surface area (Å²) in [6, 6.07) is 15.9. The van der Waals surface area contributed by atoms with Gasteiger partial charge in [-0.05, 0) is 43.2 Å². The van der Waals surface area contributed by atoms with Crippen LogP contribution in [0.4, 0.5) is 5.13 Å². The van der Waals surface area contributed by atoms with Crippen molar-refractivity contribution in [2.24, 2.45) is 5.10 Å². The molecule has 30 heavy (non-hydrogen) atoms. The van der Waals surface area contributed by atoms with Crippen LogP contribution in [-0.4, -0.2) is 30.2 Å². The normalized spacial score (nSPS) is 10.9. The first-order valence-electron chi connectivity index (χ1n) is 9.78. The average molecular weight is 424 g/mol. The summed E-state index contributed by atoms with van der Waals surface area (Å²) >= 11 is 1.29. The first-order valence-corrected chi connectivity index (χ1v) is 10.6. The molecule has 7 heteroatoms. The number of thiazole rings is 1. The standard InChI is InChI=1S/C23H25N3O3S/c1-4-28-21-14-19(15-24-26-23-25-16(2)22(30-23)17(3)27)10-11-20(21)29-13-12-18-8-6-5-7-9-18/h5-11,14-15H,4,12-13H2,1-3H3,(H,25,26)/b24-15+. The number of ether oxygens (including phenoxy) is 2. The van der Waals surface area contributed by atoms with Gasteiger partial charge in [-0.3, -0.25) is 10.2 Å². The molecule has 0 aliphatic heterocycles. The molecule has 0 bridgehead atoms. The molecule has 0 radical (unpaired) electrons. The minimum Gasteiger partial charge on any atom is -0.490 e. The molecule has 3 rings (SSSR count). The Kier molecular flexibility index (Phi) is 7.57. The Bertz CT molecular complexity index is 1020. The van der Waals surface area contributed by atoms with Gasteiger partial charge in [-0.25, -0.2) is 4.98 Å². The number of benzene rings is 2. The van der Waals surface area contributed by atoms with Crippen LogP contribution in [0.2, 0.25) is 0 Å². The van der Waals surface area contributed by atoms with Crippen LogP contribution in [0.3, 0.4) is 0 Å². The van der Waals surface area contributed by atoms with Crippen LogP contribution in [0, 0.1) is 6.92 Å². The van der Waals surface area contributed by atoms with Gasteiger partial charge < -0.3 is 9.47 Å². The van der Waals surface area contributed by atoms with Gasteiger partial charge in [0.2, 0.25) is 5.13 Å². The second-order valence-corrected chi connectivity index (χ2v) is 7.58. The van der Waals surface area contributed by atoms with Crippen molar-refractivity contribution in [2.45, 2.75) is 27.2 Å². The molecule has 0 aliphatic rings. The maximum Gasteiger partial charge on any atom is 0.204 e. The lowest BCUT2D eigenvalue weighted by Gasteiger charge is -2.12. The highest BCUT2D eigenvalue weighted by atomic mass is 32.1. The summed E-state index contributed by atoms with van der Waals surface area (Å²) in [5, 5.41) is 4.81. The van der Waals surface area contributed by atoms with Crippen LogP contribution < -0.4 is 14.9 Å². The Hall–Kier alpha value is -3.19. The maximum absolute atomic E-state index is 11.5. The molecule has 2 aromatic carbocycles. The maximum atomic E-state index is 11.5. The fourth-order valence-corrected chi connectivity index (χ4v) is 3.66. The lowest BCUT2D eigenvalue weighted by molar-refractivity contribution is 0.102. The molecule has 0 atom stereocenters. The van der Waals surface area contributed by atoms with Crippen molar-refractivity contribution in [3.05, 3.63) is 70.2 Å². The molecule has 1 N–H and O–H groups in total. The summed E-state index contributed by atoms with van der Waals surface area (Å²) in [5.41, 5.74) is 5.68. The fourth-order valence-electron chi connectivity index (χ4n) is 2.85. The van der Waals surface area contributed by atoms with E-state index in [1.165, 1.54) is 23.8 Å². The number of hydrogen-bond acceptors (Lipinski definition) is 7. The van der Waals surface area contributed by atoms with Crippen LogP contribution in [-0.2, 0) is 6.42 Å². The largest absolute Gasteiger partial charge is 0.490 e. The van der Waals surface area contributed by atoms with Gasteiger partial charge in [0.05, 0.1) is 30.0 Å². The number of aryl methyl sites for hydroxylation is 1. The molecule has 0 amide bonds. The average Bonchev–Trinajstić information content (AvgIpc) is 3.11. The van der Waals surface area contributed by atoms with Gasteiger partial charge in [0, 0.05) is 13.3 Å². The van der Waals surface area contributed by atoms with Crippen molar-refractivity contribution in [3.63, 3.8) is 0 Å². The number of anilines is 1. The lowest BCUT2D eigenvalue weighted by Crippen LogP contribution is -2.04. The Balaban J connectivity index is 1.62. The van der Waals surface area contributed by atoms with E-state index in [2.05, 4.69) is 27.6 Å². The zero-order valence-corrected chi connectivity index (χ0v) is 18.2. The molecule has 6 nitrogen and oxygen atoms in total. The summed E-state index contributed by atoms with van der Waals surface area (Å²) < 4.78 is 11.7. The van der Waals surface area contributed by atoms with Crippen LogP contribution in [0.25, 0.3) is 0 Å². The highest BCUT2D eigenvalue weighted by Gasteiger charge is 2.11. The van der Waals surface area contributed by atoms with Gasteiger partial charge in [0.15, 0.2) is 17.3 Å². The third-order valence-electron chi connectivity index (χ3n) is 4.25. The van der Waals surface area contributed by atoms with Crippen molar-refractivity contribution in [3.8, 4) is 11.5 Å². The van der Waals surface area contributed by atoms with E-state index < -0.39 is 0 Å². The quantitative estimate of drug-likeness (QED) is 0.278. The van der Waals surface area contributed by atoms with E-state index in [1.807, 2.05) is 50.2 Å². The van der Waals surface area contributed by atoms with Gasteiger partial charge in [-0.1, -0.05) is 41.7 Å². The van der Waals surface area contributed by atoms with E-state index in [-0.39, 0.29) is 5.78 Å². The van der Waals surface area contributed by atoms with Crippen LogP contribution in [0.15, 0.2) is 53.6 Å². The van der Waals surface area contributed by atoms with E-state index in [0.29, 0.717) is 40.4 Å². The highest BCUT2D eigenvalue weighted by Crippen LogP contribution is 2.28. The number of hydrogen-bond donors (Lipinski definition) is 1. The third-order valence-corrected chi connectivity index (χ3v) is 5.41. The van der Waals surface area contributed by atoms with Gasteiger partial charge in [-0.15, -0.1) is 0 Å². The Labute approximate surface area is 180 Å². The zero-order chi connectivity index (χ0) is 21.3. The Morgan fingerprint density at radius 2 is 1.97 bits per heavy atom. The molecule has 156 valence electrons. The molecule has 0 saturated carbocycles. The van der Waals surface area contributed by atoms with Crippen molar-refractivity contribution in [1.29, 1.82) is 0 Å². The topological polar surface area (TPSA) is 72.8 Å². The number of hydrazone groups is 1. The number of nitrogens with one attached hydrogen (secondary N) is 1. The molecule has 0 saturated heterocycles. The molecule has 0 unspecified atom stereocenters. The SMILES string of the molecule is CCOc1cc(/C=N/Nc2nc(C)c(C(C)=O)s2)ccc1OCCc1ccccc1. The molecule has 3 aromatic rings. The van der Waals surface area contributed by atoms with E-state index in [9.17, 15) is 4.79 Å². The number of aromatic nitrogens is 1. The number of ketones is 1. The van der Waals surface area contributed by atoms with E-state index >= 15 is 0 Å². The number of carbonyl (C=O) groups excluding carboxylic acids is 1. The molecule has 1 heterocycles. The molecular formula is C23H25N3O3S. The monoisotopic (exact) mass is 423 g/mol. The Morgan fingerprint density at radius 3 is 2.67 bits per heavy atom. The highest BCUT2D eigenvalue weighted by molar-refractivity contribution is 7.17. The van der Waals surface area contributed by atoms with Crippen molar-refractivity contribution in [1.82, 2.24) is 4.98 Å². The first-order chi connectivity index (χ1) is 14.6.